The number of hydrogen-bond acceptors (Lipinski definition) is 30. The number of aliphatic hydroxyl groups excluding tert-OH is 15. The molecule has 0 amide bonds. The largest absolute Gasteiger partial charge is 0.497 e. The zero-order valence-corrected chi connectivity index (χ0v) is 57.3. The Bertz CT molecular complexity index is 3100. The van der Waals surface area contributed by atoms with Crippen LogP contribution < -0.4 is 4.74 Å². The Labute approximate surface area is 578 Å². The molecule has 0 bridgehead atoms. The van der Waals surface area contributed by atoms with Crippen LogP contribution in [0.3, 0.4) is 0 Å². The third-order valence-electron chi connectivity index (χ3n) is 24.9. The summed E-state index contributed by atoms with van der Waals surface area (Å²) in [6, 6.07) is 6.74. The number of allylic oxidation sites excluding steroid dienone is 1. The van der Waals surface area contributed by atoms with Crippen molar-refractivity contribution in [1.29, 1.82) is 0 Å². The van der Waals surface area contributed by atoms with Gasteiger partial charge in [0.2, 0.25) is 6.29 Å². The molecule has 5 heterocycles. The highest BCUT2D eigenvalue weighted by atomic mass is 16.8. The van der Waals surface area contributed by atoms with Crippen LogP contribution in [0, 0.1) is 50.2 Å². The molecule has 9 fully saturated rings. The molecule has 16 N–H and O–H groups in total. The van der Waals surface area contributed by atoms with Gasteiger partial charge in [-0.05, 0) is 136 Å². The first-order chi connectivity index (χ1) is 47.1. The minimum Gasteiger partial charge on any atom is -0.497 e. The predicted molar refractivity (Wildman–Crippen MR) is 337 cm³/mol. The molecule has 5 aliphatic carbocycles. The van der Waals surface area contributed by atoms with Crippen LogP contribution in [0.2, 0.25) is 0 Å². The number of aliphatic carboxylic acids is 1. The molecule has 31 nitrogen and oxygen atoms in total. The molecule has 11 rings (SSSR count). The number of esters is 2. The molecule has 31 heteroatoms. The van der Waals surface area contributed by atoms with Gasteiger partial charge >= 0.3 is 17.9 Å². The summed E-state index contributed by atoms with van der Waals surface area (Å²) in [7, 11) is 1.50. The molecular weight excluding hydrogens is 1320 g/mol. The second kappa shape index (κ2) is 29.4. The van der Waals surface area contributed by atoms with Gasteiger partial charge in [-0.25, -0.2) is 4.79 Å². The smallest absolute Gasteiger partial charge is 0.331 e. The first-order valence-electron chi connectivity index (χ1n) is 34.6. The topological polar surface area (TPSA) is 486 Å². The highest BCUT2D eigenvalue weighted by molar-refractivity contribution is 5.87. The molecule has 0 radical (unpaired) electrons. The lowest BCUT2D eigenvalue weighted by atomic mass is 9.33. The van der Waals surface area contributed by atoms with Crippen molar-refractivity contribution in [2.24, 2.45) is 50.2 Å². The van der Waals surface area contributed by atoms with E-state index in [0.29, 0.717) is 37.0 Å². The fourth-order valence-electron chi connectivity index (χ4n) is 19.0. The summed E-state index contributed by atoms with van der Waals surface area (Å²) in [5.41, 5.74) is -4.89. The van der Waals surface area contributed by atoms with Gasteiger partial charge in [0.05, 0.1) is 62.7 Å². The Kier molecular flexibility index (Phi) is 22.6. The Morgan fingerprint density at radius 3 is 1.76 bits per heavy atom. The van der Waals surface area contributed by atoms with Crippen LogP contribution >= 0.6 is 0 Å². The summed E-state index contributed by atoms with van der Waals surface area (Å²) in [5.74, 6) is -4.07. The summed E-state index contributed by atoms with van der Waals surface area (Å²) in [4.78, 5) is 43.5. The van der Waals surface area contributed by atoms with Crippen molar-refractivity contribution in [3.63, 3.8) is 0 Å². The van der Waals surface area contributed by atoms with Crippen LogP contribution in [0.1, 0.15) is 112 Å². The molecular formula is C69H102O31. The van der Waals surface area contributed by atoms with Gasteiger partial charge in [-0.1, -0.05) is 51.5 Å². The number of benzene rings is 1. The minimum atomic E-state index is -2.07. The van der Waals surface area contributed by atoms with Gasteiger partial charge in [0, 0.05) is 11.5 Å². The average molecular weight is 1430 g/mol. The fourth-order valence-corrected chi connectivity index (χ4v) is 19.0. The number of carboxylic acid groups (broad SMARTS) is 1. The molecule has 5 saturated heterocycles. The first-order valence-corrected chi connectivity index (χ1v) is 34.6. The van der Waals surface area contributed by atoms with E-state index in [1.807, 2.05) is 6.92 Å². The minimum absolute atomic E-state index is 0.00740. The number of carbonyl (C=O) groups excluding carboxylic acids is 2. The highest BCUT2D eigenvalue weighted by Crippen LogP contribution is 2.76. The van der Waals surface area contributed by atoms with E-state index in [4.69, 9.17) is 56.8 Å². The first kappa shape index (κ1) is 77.1. The number of carbonyl (C=O) groups is 3. The van der Waals surface area contributed by atoms with E-state index in [-0.39, 0.29) is 50.0 Å². The summed E-state index contributed by atoms with van der Waals surface area (Å²) in [6.07, 6.45) is -36.7. The maximum absolute atomic E-state index is 15.9. The van der Waals surface area contributed by atoms with Crippen LogP contribution in [-0.2, 0) is 66.5 Å². The molecule has 1 aromatic rings. The number of methoxy groups -OCH3 is 1. The summed E-state index contributed by atoms with van der Waals surface area (Å²) in [5, 5.41) is 177. The fraction of sp³-hybridized carbons (Fsp3) is 0.812. The van der Waals surface area contributed by atoms with E-state index in [2.05, 4.69) is 26.8 Å². The SMILES string of the molecule is COc1ccc(/C=C/C(=O)O[C@H]2[C@@H](O)[C@H](O[C@H]3O[C@H](C)[C@@H](O[C@@H]4OC[C@@H](O[C@@H]5O[C@H](CO)[C@H](O)[C@H](O)[C@H]5O)[C@H](O)[C@H]4O)[C@H](O)[C@@H]3O)[C@@H](OC(=O)[C@]34CCC(C)(C)C[C@H]3C3=CC[C@@H]5[C@@]6(C)C[C@H](O)[C@H](O[C@@H]7O[C@H](CO)[C@@H](O)[C@H](O)[C@H]7O)[C@@](C)(C(=O)O)[C@@H]6CC[C@@]5(C)[C@]3(CO)CC4)O[C@H]2C)cc1. The van der Waals surface area contributed by atoms with Gasteiger partial charge < -0.3 is 139 Å². The van der Waals surface area contributed by atoms with Crippen molar-refractivity contribution in [2.45, 2.75) is 266 Å². The lowest BCUT2D eigenvalue weighted by Crippen LogP contribution is -2.71. The van der Waals surface area contributed by atoms with Gasteiger partial charge in [0.25, 0.3) is 0 Å². The predicted octanol–water partition coefficient (Wildman–Crippen LogP) is -2.24. The summed E-state index contributed by atoms with van der Waals surface area (Å²) >= 11 is 0. The molecule has 0 aromatic heterocycles. The van der Waals surface area contributed by atoms with E-state index >= 15 is 4.79 Å². The number of aliphatic hydroxyl groups is 15. The van der Waals surface area contributed by atoms with Crippen LogP contribution in [0.25, 0.3) is 6.08 Å². The molecule has 0 spiro atoms. The lowest BCUT2D eigenvalue weighted by molar-refractivity contribution is -0.378. The van der Waals surface area contributed by atoms with Crippen LogP contribution in [0.5, 0.6) is 5.75 Å². The number of rotatable bonds is 18. The molecule has 10 aliphatic rings. The molecule has 34 atom stereocenters. The maximum atomic E-state index is 15.9. The van der Waals surface area contributed by atoms with Gasteiger partial charge in [-0.2, -0.15) is 0 Å². The Hall–Kier alpha value is -4.05. The standard InChI is InChI=1S/C69H102O31/c1-29-53(97-57-48(81)44(77)38(27-90-57)95-59-49(82)45(78)42(75)36(25-70)93-59)47(80)51(84)58(91-29)98-55-52(85)54(96-41(74)16-11-31-9-12-32(89-8)13-10-31)30(2)92-61(55)100-63(88)68-20-19-64(3,4)23-34(68)33-14-15-39-65(5)24-35(73)56(99-60-50(83)46(79)43(76)37(26-71)94-60)67(7,62(86)87)40(65)17-18-66(39,6)69(33,28-72)22-21-68/h9-14,16,29-30,34-40,42-61,70-73,75-85H,15,17-28H2,1-8H3,(H,86,87)/b16-11+/t29-,30+,34+,35+,36-,37-,38-,39-,40-,42+,43-,44+,45+,46+,47-,48-,49-,50-,51+,52-,53-,54-,55+,56+,57+,58-,59+,60+,61-,65-,66-,67+,68+,69+/m1/s1. The molecule has 100 heavy (non-hydrogen) atoms. The molecule has 4 saturated carbocycles. The van der Waals surface area contributed by atoms with E-state index in [1.165, 1.54) is 34.0 Å². The van der Waals surface area contributed by atoms with Gasteiger partial charge in [-0.15, -0.1) is 0 Å². The van der Waals surface area contributed by atoms with Crippen LogP contribution in [-0.4, -0.2) is 293 Å². The Balaban J connectivity index is 0.845. The number of carboxylic acids is 1. The van der Waals surface area contributed by atoms with E-state index in [0.717, 1.165) is 11.6 Å². The van der Waals surface area contributed by atoms with Crippen LogP contribution in [0.15, 0.2) is 42.0 Å². The van der Waals surface area contributed by atoms with Crippen molar-refractivity contribution < 1.29 is 153 Å². The number of ether oxygens (including phenoxy) is 12. The zero-order chi connectivity index (χ0) is 72.8. The highest BCUT2D eigenvalue weighted by Gasteiger charge is 2.74. The number of fused-ring (bicyclic) bond motifs is 7. The van der Waals surface area contributed by atoms with Crippen molar-refractivity contribution >= 4 is 24.0 Å². The summed E-state index contributed by atoms with van der Waals surface area (Å²) < 4.78 is 71.1. The van der Waals surface area contributed by atoms with E-state index in [9.17, 15) is 91.3 Å². The zero-order valence-electron chi connectivity index (χ0n) is 57.3. The average Bonchev–Trinajstić information content (AvgIpc) is 0.669. The summed E-state index contributed by atoms with van der Waals surface area (Å²) in [6.45, 7) is 10.1. The Morgan fingerprint density at radius 1 is 0.580 bits per heavy atom. The molecule has 0 unspecified atom stereocenters. The van der Waals surface area contributed by atoms with Crippen molar-refractivity contribution in [3.8, 4) is 5.75 Å². The quantitative estimate of drug-likeness (QED) is 0.0320. The van der Waals surface area contributed by atoms with Crippen molar-refractivity contribution in [1.82, 2.24) is 0 Å². The van der Waals surface area contributed by atoms with E-state index < -0.39 is 236 Å². The molecule has 1 aromatic carbocycles. The third-order valence-corrected chi connectivity index (χ3v) is 24.9. The monoisotopic (exact) mass is 1430 g/mol. The Morgan fingerprint density at radius 2 is 1.15 bits per heavy atom. The van der Waals surface area contributed by atoms with Crippen molar-refractivity contribution in [3.05, 3.63) is 47.6 Å². The molecule has 5 aliphatic heterocycles. The van der Waals surface area contributed by atoms with Gasteiger partial charge in [-0.3, -0.25) is 9.59 Å². The van der Waals surface area contributed by atoms with Gasteiger partial charge in [0.1, 0.15) is 103 Å². The maximum Gasteiger partial charge on any atom is 0.331 e. The lowest BCUT2D eigenvalue weighted by Gasteiger charge is -2.71. The second-order valence-corrected chi connectivity index (χ2v) is 31.0. The van der Waals surface area contributed by atoms with E-state index in [1.54, 1.807) is 24.3 Å². The van der Waals surface area contributed by atoms with Crippen molar-refractivity contribution in [2.75, 3.05) is 33.5 Å². The third kappa shape index (κ3) is 13.3. The normalized spacial score (nSPS) is 49.4. The number of hydrogen-bond donors (Lipinski definition) is 16. The van der Waals surface area contributed by atoms with Crippen LogP contribution in [0.4, 0.5) is 0 Å². The second-order valence-electron chi connectivity index (χ2n) is 31.0. The molecule has 564 valence electrons. The van der Waals surface area contributed by atoms with Gasteiger partial charge in [0.15, 0.2) is 37.4 Å².